The van der Waals surface area contributed by atoms with E-state index in [9.17, 15) is 0 Å². The second kappa shape index (κ2) is 31.6. The Labute approximate surface area is 751 Å². The van der Waals surface area contributed by atoms with Gasteiger partial charge in [0.2, 0.25) is 0 Å². The van der Waals surface area contributed by atoms with Gasteiger partial charge in [0.05, 0.1) is 16.7 Å². The Morgan fingerprint density at radius 1 is 0.203 bits per heavy atom. The van der Waals surface area contributed by atoms with Crippen molar-refractivity contribution >= 4 is 79.0 Å². The predicted molar refractivity (Wildman–Crippen MR) is 536 cm³/mol. The molecule has 2 aliphatic rings. The lowest BCUT2D eigenvalue weighted by Gasteiger charge is -2.45. The summed E-state index contributed by atoms with van der Waals surface area (Å²) in [5.74, 6) is 3.21. The van der Waals surface area contributed by atoms with Crippen molar-refractivity contribution in [2.45, 2.75) is 105 Å². The summed E-state index contributed by atoms with van der Waals surface area (Å²) < 4.78 is 2.40. The van der Waals surface area contributed by atoms with Crippen molar-refractivity contribution in [2.75, 3.05) is 9.80 Å². The minimum absolute atomic E-state index is 0.107. The molecule has 0 amide bonds. The van der Waals surface area contributed by atoms with Gasteiger partial charge < -0.3 is 14.4 Å². The van der Waals surface area contributed by atoms with Crippen LogP contribution in [-0.4, -0.2) is 41.2 Å². The van der Waals surface area contributed by atoms with E-state index in [1.54, 1.807) is 0 Å². The molecule has 5 heterocycles. The molecule has 0 unspecified atom stereocenters. The van der Waals surface area contributed by atoms with Crippen LogP contribution in [0, 0.1) is 0 Å². The smallest absolute Gasteiger partial charge is 0.252 e. The molecule has 19 aromatic rings. The molecule has 3 aromatic heterocycles. The Kier molecular flexibility index (Phi) is 19.8. The number of benzene rings is 16. The highest BCUT2D eigenvalue weighted by molar-refractivity contribution is 7.00. The monoisotopic (exact) mass is 1650 g/mol. The Hall–Kier alpha value is -15.0. The van der Waals surface area contributed by atoms with Crippen LogP contribution in [0.5, 0.6) is 0 Å². The van der Waals surface area contributed by atoms with E-state index >= 15 is 0 Å². The number of hydrogen-bond donors (Lipinski definition) is 0. The van der Waals surface area contributed by atoms with Crippen LogP contribution in [0.2, 0.25) is 0 Å². The Balaban J connectivity index is 0.828. The lowest BCUT2D eigenvalue weighted by atomic mass is 9.33. The predicted octanol–water partition coefficient (Wildman–Crippen LogP) is 28.8. The van der Waals surface area contributed by atoms with E-state index in [2.05, 4.69) is 377 Å². The number of para-hydroxylation sites is 1. The SMILES string of the molecule is CC(C)(C)c1cc(-c2ccc3c(c2)N(c2ccc(-c4ccccc4)cc2)c2cc(-c4ccc5c(c4)c4ccccc4n5-c4ccc(-c5nc(-c6ccccc6)nc(-c6ccccc6)n5)cc4-c4nc(-c5ccccc5)nc(-c5ccccc5)n4)cc4c2B3c2ccc(-c3cc(C(C)(C)C)cc(C(C)(C)C)c3)cc2N4c2ccc(-c3ccccc3)cc2)cc(C(C)(C)C)c1. The quantitative estimate of drug-likeness (QED) is 0.0995. The van der Waals surface area contributed by atoms with E-state index in [1.807, 2.05) is 97.1 Å². The molecule has 128 heavy (non-hydrogen) atoms. The molecule has 0 bridgehead atoms. The van der Waals surface area contributed by atoms with E-state index in [1.165, 1.54) is 49.8 Å². The number of nitrogens with zero attached hydrogens (tertiary/aromatic N) is 9. The average molecular weight is 1650 g/mol. The fourth-order valence-corrected chi connectivity index (χ4v) is 18.6. The summed E-state index contributed by atoms with van der Waals surface area (Å²) in [6, 6.07) is 138. The Bertz CT molecular complexity index is 7080. The molecule has 0 fully saturated rings. The fourth-order valence-electron chi connectivity index (χ4n) is 18.6. The number of aromatic nitrogens is 7. The van der Waals surface area contributed by atoms with Gasteiger partial charge in [-0.3, -0.25) is 0 Å². The van der Waals surface area contributed by atoms with Crippen LogP contribution in [0.4, 0.5) is 34.1 Å². The molecule has 21 rings (SSSR count). The minimum atomic E-state index is -0.209. The van der Waals surface area contributed by atoms with Gasteiger partial charge in [-0.25, -0.2) is 29.9 Å². The summed E-state index contributed by atoms with van der Waals surface area (Å²) >= 11 is 0. The minimum Gasteiger partial charge on any atom is -0.311 e. The summed E-state index contributed by atoms with van der Waals surface area (Å²) in [6.45, 7) is 27.9. The van der Waals surface area contributed by atoms with Crippen molar-refractivity contribution in [2.24, 2.45) is 0 Å². The average Bonchev–Trinajstić information content (AvgIpc) is 0.742. The lowest BCUT2D eigenvalue weighted by molar-refractivity contribution is 0.568. The van der Waals surface area contributed by atoms with Gasteiger partial charge in [-0.2, -0.15) is 0 Å². The van der Waals surface area contributed by atoms with Crippen molar-refractivity contribution in [3.63, 3.8) is 0 Å². The molecule has 0 spiro atoms. The van der Waals surface area contributed by atoms with Crippen molar-refractivity contribution in [3.8, 4) is 130 Å². The highest BCUT2D eigenvalue weighted by atomic mass is 15.2. The number of fused-ring (bicyclic) bond motifs is 7. The van der Waals surface area contributed by atoms with Crippen LogP contribution in [0.3, 0.4) is 0 Å². The Morgan fingerprint density at radius 2 is 0.500 bits per heavy atom. The zero-order chi connectivity index (χ0) is 87.5. The zero-order valence-electron chi connectivity index (χ0n) is 74.4. The molecule has 10 heteroatoms. The molecule has 0 N–H and O–H groups in total. The van der Waals surface area contributed by atoms with Crippen LogP contribution in [-0.2, 0) is 21.7 Å². The standard InChI is InChI=1S/C118H98BN9/c1-115(2,3)90-63-87(64-91(73-90)116(4,5)6)84-51-59-99-104(69-84)126(94-55-47-77(48-56-94)75-33-19-13-20-34-75)106-71-89(72-107-108(106)119(99)100-60-52-85(88-65-92(117(7,8)9)74-93(66-88)118(10,11)12)70-105(100)127(107)95-57-49-78(50-58-95)76-35-21-14-22-36-76)83-53-61-102-97(67-83)96-45-31-32-46-101(96)128(102)103-62-54-86(113-122-109(79-37-23-15-24-38-79)120-110(123-113)80-39-25-16-26-40-80)68-98(103)114-124-111(81-41-27-17-28-42-81)121-112(125-114)82-43-29-18-30-44-82/h13-74H,1-12H3. The van der Waals surface area contributed by atoms with Gasteiger partial charge in [-0.15, -0.1) is 0 Å². The summed E-state index contributed by atoms with van der Waals surface area (Å²) in [5, 5.41) is 2.16. The first-order valence-corrected chi connectivity index (χ1v) is 44.6. The summed E-state index contributed by atoms with van der Waals surface area (Å²) in [6.07, 6.45) is 0. The first kappa shape index (κ1) is 80.1. The van der Waals surface area contributed by atoms with Crippen LogP contribution in [0.1, 0.15) is 105 Å². The third-order valence-electron chi connectivity index (χ3n) is 25.7. The van der Waals surface area contributed by atoms with Crippen LogP contribution < -0.4 is 26.2 Å². The lowest BCUT2D eigenvalue weighted by Crippen LogP contribution is -2.61. The maximum absolute atomic E-state index is 5.52. The summed E-state index contributed by atoms with van der Waals surface area (Å²) in [7, 11) is 0. The normalized spacial score (nSPS) is 12.6. The number of hydrogen-bond acceptors (Lipinski definition) is 8. The van der Waals surface area contributed by atoms with E-state index in [4.69, 9.17) is 29.9 Å². The molecule has 16 aromatic carbocycles. The van der Waals surface area contributed by atoms with Crippen LogP contribution in [0.15, 0.2) is 376 Å². The highest BCUT2D eigenvalue weighted by Crippen LogP contribution is 2.51. The molecule has 0 aliphatic carbocycles. The van der Waals surface area contributed by atoms with Gasteiger partial charge in [0.15, 0.2) is 34.9 Å². The van der Waals surface area contributed by atoms with Crippen molar-refractivity contribution in [3.05, 3.63) is 398 Å². The second-order valence-electron chi connectivity index (χ2n) is 38.4. The van der Waals surface area contributed by atoms with E-state index in [0.29, 0.717) is 34.9 Å². The van der Waals surface area contributed by atoms with Gasteiger partial charge in [-0.05, 0) is 201 Å². The van der Waals surface area contributed by atoms with E-state index < -0.39 is 0 Å². The molecule has 2 aliphatic heterocycles. The molecular weight excluding hydrogens is 1550 g/mol. The first-order chi connectivity index (χ1) is 61.9. The maximum atomic E-state index is 5.52. The summed E-state index contributed by atoms with van der Waals surface area (Å²) in [4.78, 5) is 37.3. The summed E-state index contributed by atoms with van der Waals surface area (Å²) in [5.41, 5.74) is 34.4. The largest absolute Gasteiger partial charge is 0.311 e. The molecule has 0 atom stereocenters. The van der Waals surface area contributed by atoms with Gasteiger partial charge in [0.25, 0.3) is 6.71 Å². The topological polar surface area (TPSA) is 88.8 Å². The van der Waals surface area contributed by atoms with Crippen molar-refractivity contribution in [1.29, 1.82) is 0 Å². The Morgan fingerprint density at radius 3 is 0.891 bits per heavy atom. The van der Waals surface area contributed by atoms with E-state index in [0.717, 1.165) is 140 Å². The molecule has 9 nitrogen and oxygen atoms in total. The van der Waals surface area contributed by atoms with Crippen molar-refractivity contribution < 1.29 is 0 Å². The van der Waals surface area contributed by atoms with Crippen LogP contribution in [0.25, 0.3) is 151 Å². The third kappa shape index (κ3) is 14.9. The third-order valence-corrected chi connectivity index (χ3v) is 25.7. The number of rotatable bonds is 14. The highest BCUT2D eigenvalue weighted by Gasteiger charge is 2.45. The van der Waals surface area contributed by atoms with E-state index in [-0.39, 0.29) is 28.4 Å². The molecule has 618 valence electrons. The van der Waals surface area contributed by atoms with Crippen molar-refractivity contribution in [1.82, 2.24) is 34.5 Å². The molecule has 0 saturated heterocycles. The zero-order valence-corrected chi connectivity index (χ0v) is 74.4. The maximum Gasteiger partial charge on any atom is 0.252 e. The number of anilines is 6. The van der Waals surface area contributed by atoms with Gasteiger partial charge in [0, 0.05) is 78.3 Å². The molecule has 0 saturated carbocycles. The first-order valence-electron chi connectivity index (χ1n) is 44.6. The van der Waals surface area contributed by atoms with Crippen LogP contribution >= 0.6 is 0 Å². The molecular formula is C118H98BN9. The van der Waals surface area contributed by atoms with Gasteiger partial charge in [0.1, 0.15) is 0 Å². The second-order valence-corrected chi connectivity index (χ2v) is 38.4. The van der Waals surface area contributed by atoms with Gasteiger partial charge >= 0.3 is 0 Å². The molecule has 0 radical (unpaired) electrons. The van der Waals surface area contributed by atoms with Gasteiger partial charge in [-0.1, -0.05) is 374 Å². The fraction of sp³-hybridized carbons (Fsp3) is 0.136.